The van der Waals surface area contributed by atoms with Crippen LogP contribution in [0.25, 0.3) is 0 Å². The number of benzene rings is 2. The van der Waals surface area contributed by atoms with Crippen LogP contribution >= 0.6 is 0 Å². The van der Waals surface area contributed by atoms with Gasteiger partial charge in [0.05, 0.1) is 16.0 Å². The molecule has 0 radical (unpaired) electrons. The predicted octanol–water partition coefficient (Wildman–Crippen LogP) is 3.20. The Morgan fingerprint density at radius 2 is 1.79 bits per heavy atom. The van der Waals surface area contributed by atoms with Crippen molar-refractivity contribution in [2.45, 2.75) is 31.5 Å². The lowest BCUT2D eigenvalue weighted by Crippen LogP contribution is -2.30. The molecule has 3 aromatic rings. The molecule has 8 nitrogen and oxygen atoms in total. The standard InChI is InChI=1S/C19H20N4O4S/c1-2-21-13-17(12-20-21)15-22(14-16-7-4-3-5-8-16)28(26,27)19-10-6-9-18(11-19)23(24)25/h3-13H,2,14-15H2,1H3. The van der Waals surface area contributed by atoms with E-state index in [4.69, 9.17) is 0 Å². The third kappa shape index (κ3) is 4.44. The van der Waals surface area contributed by atoms with Crippen LogP contribution in [0, 0.1) is 10.1 Å². The lowest BCUT2D eigenvalue weighted by molar-refractivity contribution is -0.385. The average molecular weight is 400 g/mol. The summed E-state index contributed by atoms with van der Waals surface area (Å²) < 4.78 is 29.6. The van der Waals surface area contributed by atoms with E-state index in [0.717, 1.165) is 17.2 Å². The molecule has 28 heavy (non-hydrogen) atoms. The summed E-state index contributed by atoms with van der Waals surface area (Å²) in [4.78, 5) is 10.3. The second-order valence-electron chi connectivity index (χ2n) is 6.22. The normalized spacial score (nSPS) is 11.6. The quantitative estimate of drug-likeness (QED) is 0.427. The Balaban J connectivity index is 1.98. The molecule has 0 saturated heterocycles. The van der Waals surface area contributed by atoms with Crippen molar-refractivity contribution in [3.63, 3.8) is 0 Å². The van der Waals surface area contributed by atoms with Crippen molar-refractivity contribution in [2.75, 3.05) is 0 Å². The first kappa shape index (κ1) is 19.7. The highest BCUT2D eigenvalue weighted by Gasteiger charge is 2.27. The van der Waals surface area contributed by atoms with Crippen molar-refractivity contribution < 1.29 is 13.3 Å². The largest absolute Gasteiger partial charge is 0.273 e. The van der Waals surface area contributed by atoms with Crippen molar-refractivity contribution in [1.29, 1.82) is 0 Å². The number of aromatic nitrogens is 2. The van der Waals surface area contributed by atoms with Crippen LogP contribution in [0.5, 0.6) is 0 Å². The summed E-state index contributed by atoms with van der Waals surface area (Å²) in [7, 11) is -3.96. The van der Waals surface area contributed by atoms with Gasteiger partial charge in [0.25, 0.3) is 5.69 Å². The van der Waals surface area contributed by atoms with Crippen LogP contribution in [0.1, 0.15) is 18.1 Å². The number of sulfonamides is 1. The Hall–Kier alpha value is -3.04. The van der Waals surface area contributed by atoms with E-state index in [9.17, 15) is 18.5 Å². The second-order valence-corrected chi connectivity index (χ2v) is 8.16. The molecule has 146 valence electrons. The van der Waals surface area contributed by atoms with E-state index in [1.165, 1.54) is 22.5 Å². The topological polar surface area (TPSA) is 98.3 Å². The van der Waals surface area contributed by atoms with E-state index in [1.807, 2.05) is 37.3 Å². The summed E-state index contributed by atoms with van der Waals surface area (Å²) >= 11 is 0. The number of nitrogens with zero attached hydrogens (tertiary/aromatic N) is 4. The summed E-state index contributed by atoms with van der Waals surface area (Å²) in [6.45, 7) is 2.87. The highest BCUT2D eigenvalue weighted by molar-refractivity contribution is 7.89. The maximum Gasteiger partial charge on any atom is 0.270 e. The van der Waals surface area contributed by atoms with Gasteiger partial charge in [-0.1, -0.05) is 36.4 Å². The highest BCUT2D eigenvalue weighted by Crippen LogP contribution is 2.24. The number of nitro groups is 1. The van der Waals surface area contributed by atoms with Gasteiger partial charge in [0, 0.05) is 43.5 Å². The molecular formula is C19H20N4O4S. The minimum Gasteiger partial charge on any atom is -0.273 e. The third-order valence-electron chi connectivity index (χ3n) is 4.24. The van der Waals surface area contributed by atoms with Gasteiger partial charge in [0.15, 0.2) is 0 Å². The van der Waals surface area contributed by atoms with Gasteiger partial charge in [0.1, 0.15) is 0 Å². The average Bonchev–Trinajstić information content (AvgIpc) is 3.16. The first-order chi connectivity index (χ1) is 13.4. The van der Waals surface area contributed by atoms with Gasteiger partial charge < -0.3 is 0 Å². The van der Waals surface area contributed by atoms with Gasteiger partial charge in [-0.15, -0.1) is 0 Å². The number of nitro benzene ring substituents is 1. The van der Waals surface area contributed by atoms with Crippen LogP contribution in [-0.2, 0) is 29.7 Å². The molecule has 0 spiro atoms. The molecule has 0 saturated carbocycles. The van der Waals surface area contributed by atoms with Gasteiger partial charge in [-0.05, 0) is 18.6 Å². The number of non-ortho nitro benzene ring substituents is 1. The minimum absolute atomic E-state index is 0.111. The highest BCUT2D eigenvalue weighted by atomic mass is 32.2. The molecule has 9 heteroatoms. The molecule has 0 aliphatic heterocycles. The van der Waals surface area contributed by atoms with Crippen LogP contribution in [0.3, 0.4) is 0 Å². The van der Waals surface area contributed by atoms with Crippen molar-refractivity contribution >= 4 is 15.7 Å². The molecule has 0 bridgehead atoms. The molecule has 0 fully saturated rings. The molecular weight excluding hydrogens is 380 g/mol. The van der Waals surface area contributed by atoms with Gasteiger partial charge in [-0.3, -0.25) is 14.8 Å². The van der Waals surface area contributed by atoms with Crippen LogP contribution < -0.4 is 0 Å². The summed E-state index contributed by atoms with van der Waals surface area (Å²) in [5.41, 5.74) is 1.30. The van der Waals surface area contributed by atoms with E-state index >= 15 is 0 Å². The van der Waals surface area contributed by atoms with E-state index in [-0.39, 0.29) is 23.7 Å². The molecule has 1 aromatic heterocycles. The Morgan fingerprint density at radius 3 is 2.43 bits per heavy atom. The van der Waals surface area contributed by atoms with E-state index < -0.39 is 14.9 Å². The predicted molar refractivity (Wildman–Crippen MR) is 104 cm³/mol. The van der Waals surface area contributed by atoms with Crippen molar-refractivity contribution in [3.05, 3.63) is 88.2 Å². The first-order valence-electron chi connectivity index (χ1n) is 8.70. The molecule has 0 aliphatic carbocycles. The first-order valence-corrected chi connectivity index (χ1v) is 10.1. The fraction of sp³-hybridized carbons (Fsp3) is 0.211. The second kappa shape index (κ2) is 8.32. The zero-order valence-corrected chi connectivity index (χ0v) is 16.1. The smallest absolute Gasteiger partial charge is 0.270 e. The van der Waals surface area contributed by atoms with Crippen LogP contribution in [0.4, 0.5) is 5.69 Å². The van der Waals surface area contributed by atoms with Crippen LogP contribution in [0.15, 0.2) is 71.9 Å². The molecule has 3 rings (SSSR count). The maximum atomic E-state index is 13.3. The number of hydrogen-bond donors (Lipinski definition) is 0. The van der Waals surface area contributed by atoms with E-state index in [0.29, 0.717) is 6.54 Å². The Labute approximate surface area is 163 Å². The number of aryl methyl sites for hydroxylation is 1. The lowest BCUT2D eigenvalue weighted by atomic mass is 10.2. The maximum absolute atomic E-state index is 13.3. The van der Waals surface area contributed by atoms with Crippen LogP contribution in [-0.4, -0.2) is 27.4 Å². The molecule has 2 aromatic carbocycles. The van der Waals surface area contributed by atoms with Gasteiger partial charge >= 0.3 is 0 Å². The van der Waals surface area contributed by atoms with E-state index in [2.05, 4.69) is 5.10 Å². The van der Waals surface area contributed by atoms with Crippen molar-refractivity contribution in [1.82, 2.24) is 14.1 Å². The van der Waals surface area contributed by atoms with Crippen molar-refractivity contribution in [2.24, 2.45) is 0 Å². The molecule has 0 aliphatic rings. The molecule has 0 N–H and O–H groups in total. The molecule has 0 unspecified atom stereocenters. The molecule has 0 atom stereocenters. The third-order valence-corrected chi connectivity index (χ3v) is 6.03. The lowest BCUT2D eigenvalue weighted by Gasteiger charge is -2.22. The number of rotatable bonds is 8. The summed E-state index contributed by atoms with van der Waals surface area (Å²) in [5, 5.41) is 15.2. The van der Waals surface area contributed by atoms with Gasteiger partial charge in [-0.2, -0.15) is 9.40 Å². The fourth-order valence-corrected chi connectivity index (χ4v) is 4.24. The molecule has 1 heterocycles. The van der Waals surface area contributed by atoms with Gasteiger partial charge in [0.2, 0.25) is 10.0 Å². The summed E-state index contributed by atoms with van der Waals surface area (Å²) in [5.74, 6) is 0. The zero-order chi connectivity index (χ0) is 20.1. The fourth-order valence-electron chi connectivity index (χ4n) is 2.78. The van der Waals surface area contributed by atoms with Gasteiger partial charge in [-0.25, -0.2) is 8.42 Å². The number of hydrogen-bond acceptors (Lipinski definition) is 5. The van der Waals surface area contributed by atoms with E-state index in [1.54, 1.807) is 17.1 Å². The Kier molecular flexibility index (Phi) is 5.86. The van der Waals surface area contributed by atoms with Crippen LogP contribution in [0.2, 0.25) is 0 Å². The Bertz CT molecular complexity index is 1060. The SMILES string of the molecule is CCn1cc(CN(Cc2ccccc2)S(=O)(=O)c2cccc([N+](=O)[O-])c2)cn1. The van der Waals surface area contributed by atoms with Crippen molar-refractivity contribution in [3.8, 4) is 0 Å². The minimum atomic E-state index is -3.96. The summed E-state index contributed by atoms with van der Waals surface area (Å²) in [6.07, 6.45) is 3.42. The zero-order valence-electron chi connectivity index (χ0n) is 15.3. The monoisotopic (exact) mass is 400 g/mol. The Morgan fingerprint density at radius 1 is 1.07 bits per heavy atom. The summed E-state index contributed by atoms with van der Waals surface area (Å²) in [6, 6.07) is 14.3. The molecule has 0 amide bonds.